The van der Waals surface area contributed by atoms with E-state index in [1.54, 1.807) is 17.0 Å². The highest BCUT2D eigenvalue weighted by atomic mass is 19.1. The van der Waals surface area contributed by atoms with Crippen LogP contribution in [-0.2, 0) is 4.79 Å². The summed E-state index contributed by atoms with van der Waals surface area (Å²) in [5.41, 5.74) is -0.00989. The number of carbonyl (C=O) groups excluding carboxylic acids is 1. The van der Waals surface area contributed by atoms with Crippen molar-refractivity contribution in [3.05, 3.63) is 29.6 Å². The van der Waals surface area contributed by atoms with Gasteiger partial charge in [0, 0.05) is 45.8 Å². The van der Waals surface area contributed by atoms with Gasteiger partial charge in [-0.3, -0.25) is 9.69 Å². The molecule has 27 heavy (non-hydrogen) atoms. The monoisotopic (exact) mass is 378 g/mol. The minimum absolute atomic E-state index is 0.00989. The Hall–Kier alpha value is -2.86. The number of carbonyl (C=O) groups is 2. The van der Waals surface area contributed by atoms with Crippen LogP contribution in [0.4, 0.5) is 9.18 Å². The summed E-state index contributed by atoms with van der Waals surface area (Å²) in [6.07, 6.45) is -0.374. The summed E-state index contributed by atoms with van der Waals surface area (Å²) in [7, 11) is 1.37. The van der Waals surface area contributed by atoms with Crippen LogP contribution in [0.2, 0.25) is 0 Å². The summed E-state index contributed by atoms with van der Waals surface area (Å²) in [5.74, 6) is -0.389. The van der Waals surface area contributed by atoms with Crippen molar-refractivity contribution in [3.63, 3.8) is 0 Å². The molecule has 0 saturated carbocycles. The van der Waals surface area contributed by atoms with Gasteiger partial charge < -0.3 is 19.6 Å². The molecule has 1 aromatic carbocycles. The van der Waals surface area contributed by atoms with Crippen LogP contribution in [0, 0.1) is 17.1 Å². The van der Waals surface area contributed by atoms with E-state index in [4.69, 9.17) is 15.1 Å². The minimum Gasteiger partial charge on any atom is -0.493 e. The fourth-order valence-corrected chi connectivity index (χ4v) is 2.75. The van der Waals surface area contributed by atoms with Gasteiger partial charge in [-0.25, -0.2) is 9.18 Å². The third-order valence-corrected chi connectivity index (χ3v) is 4.37. The van der Waals surface area contributed by atoms with E-state index in [9.17, 15) is 14.0 Å². The topological polar surface area (TPSA) is 97.1 Å². The molecule has 9 heteroatoms. The molecule has 0 aliphatic carbocycles. The number of hydrogen-bond acceptors (Lipinski definition) is 5. The Morgan fingerprint density at radius 1 is 1.33 bits per heavy atom. The molecule has 1 N–H and O–H groups in total. The van der Waals surface area contributed by atoms with Gasteiger partial charge in [0.05, 0.1) is 12.2 Å². The maximum atomic E-state index is 13.5. The number of likely N-dealkylation sites (N-methyl/N-ethyl adjacent to an activating group) is 1. The number of nitrogens with zero attached hydrogens (tertiary/aromatic N) is 4. The Balaban J connectivity index is 1.65. The summed E-state index contributed by atoms with van der Waals surface area (Å²) < 4.78 is 19.0. The lowest BCUT2D eigenvalue weighted by atomic mass is 10.2. The number of rotatable bonds is 7. The van der Waals surface area contributed by atoms with Crippen LogP contribution >= 0.6 is 0 Å². The molecule has 146 valence electrons. The highest BCUT2D eigenvalue weighted by Crippen LogP contribution is 2.16. The summed E-state index contributed by atoms with van der Waals surface area (Å²) in [4.78, 5) is 27.7. The molecule has 1 aromatic rings. The second-order valence-corrected chi connectivity index (χ2v) is 6.32. The van der Waals surface area contributed by atoms with Crippen molar-refractivity contribution in [3.8, 4) is 11.8 Å². The van der Waals surface area contributed by atoms with Crippen molar-refractivity contribution in [2.24, 2.45) is 0 Å². The van der Waals surface area contributed by atoms with E-state index in [0.717, 1.165) is 17.9 Å². The van der Waals surface area contributed by atoms with Crippen LogP contribution in [-0.4, -0.2) is 84.7 Å². The lowest BCUT2D eigenvalue weighted by molar-refractivity contribution is -0.133. The molecule has 1 saturated heterocycles. The Morgan fingerprint density at radius 2 is 2.04 bits per heavy atom. The Labute approximate surface area is 157 Å². The first-order valence-electron chi connectivity index (χ1n) is 8.67. The molecule has 0 bridgehead atoms. The molecule has 1 aliphatic heterocycles. The first-order chi connectivity index (χ1) is 12.9. The molecule has 2 amide bonds. The van der Waals surface area contributed by atoms with Crippen molar-refractivity contribution >= 4 is 12.0 Å². The van der Waals surface area contributed by atoms with E-state index in [2.05, 4.69) is 4.90 Å². The third kappa shape index (κ3) is 6.11. The van der Waals surface area contributed by atoms with Crippen LogP contribution in [0.1, 0.15) is 12.0 Å². The number of hydrogen-bond donors (Lipinski definition) is 1. The van der Waals surface area contributed by atoms with Gasteiger partial charge in [-0.15, -0.1) is 0 Å². The van der Waals surface area contributed by atoms with E-state index >= 15 is 0 Å². The fourth-order valence-electron chi connectivity index (χ4n) is 2.75. The fraction of sp³-hybridized carbons (Fsp3) is 0.500. The Bertz CT molecular complexity index is 714. The van der Waals surface area contributed by atoms with Gasteiger partial charge in [-0.1, -0.05) is 0 Å². The highest BCUT2D eigenvalue weighted by Gasteiger charge is 2.22. The first-order valence-corrected chi connectivity index (χ1v) is 8.67. The van der Waals surface area contributed by atoms with Gasteiger partial charge in [0.25, 0.3) is 0 Å². The standard InChI is InChI=1S/C18H23FN4O4/c1-21(18(25)26)13-17(24)23-8-6-22(7-9-23)5-2-10-27-15-4-3-14(12-20)16(19)11-15/h3-4,11H,2,5-10,13H2,1H3,(H,25,26). The summed E-state index contributed by atoms with van der Waals surface area (Å²) in [6.45, 7) is 3.64. The van der Waals surface area contributed by atoms with Crippen LogP contribution in [0.5, 0.6) is 5.75 Å². The zero-order valence-corrected chi connectivity index (χ0v) is 15.2. The smallest absolute Gasteiger partial charge is 0.407 e. The van der Waals surface area contributed by atoms with E-state index in [0.29, 0.717) is 38.5 Å². The van der Waals surface area contributed by atoms with Crippen molar-refractivity contribution in [2.75, 3.05) is 52.9 Å². The zero-order valence-electron chi connectivity index (χ0n) is 15.2. The minimum atomic E-state index is -1.12. The molecule has 0 unspecified atom stereocenters. The highest BCUT2D eigenvalue weighted by molar-refractivity contribution is 5.81. The van der Waals surface area contributed by atoms with Crippen molar-refractivity contribution in [1.82, 2.24) is 14.7 Å². The van der Waals surface area contributed by atoms with Crippen molar-refractivity contribution in [2.45, 2.75) is 6.42 Å². The zero-order chi connectivity index (χ0) is 19.8. The first kappa shape index (κ1) is 20.5. The molecule has 0 radical (unpaired) electrons. The number of ether oxygens (including phenoxy) is 1. The van der Waals surface area contributed by atoms with E-state index in [1.807, 2.05) is 0 Å². The van der Waals surface area contributed by atoms with Gasteiger partial charge >= 0.3 is 6.09 Å². The van der Waals surface area contributed by atoms with Gasteiger partial charge in [0.15, 0.2) is 0 Å². The average Bonchev–Trinajstić information content (AvgIpc) is 2.65. The normalized spacial score (nSPS) is 14.5. The number of benzene rings is 1. The molecule has 2 rings (SSSR count). The lowest BCUT2D eigenvalue weighted by Crippen LogP contribution is -2.51. The second kappa shape index (κ2) is 9.73. The Morgan fingerprint density at radius 3 is 2.63 bits per heavy atom. The quantitative estimate of drug-likeness (QED) is 0.717. The van der Waals surface area contributed by atoms with E-state index in [-0.39, 0.29) is 18.0 Å². The molecule has 8 nitrogen and oxygen atoms in total. The van der Waals surface area contributed by atoms with Gasteiger partial charge in [0.1, 0.15) is 24.2 Å². The van der Waals surface area contributed by atoms with E-state index in [1.165, 1.54) is 19.2 Å². The van der Waals surface area contributed by atoms with Crippen LogP contribution < -0.4 is 4.74 Å². The maximum absolute atomic E-state index is 13.5. The van der Waals surface area contributed by atoms with E-state index < -0.39 is 11.9 Å². The molecular weight excluding hydrogens is 355 g/mol. The molecule has 0 spiro atoms. The molecule has 0 aromatic heterocycles. The SMILES string of the molecule is CN(CC(=O)N1CCN(CCCOc2ccc(C#N)c(F)c2)CC1)C(=O)O. The summed E-state index contributed by atoms with van der Waals surface area (Å²) in [5, 5.41) is 17.5. The number of piperazine rings is 1. The molecule has 1 aliphatic rings. The number of halogens is 1. The number of nitriles is 1. The number of carboxylic acid groups (broad SMARTS) is 1. The summed E-state index contributed by atoms with van der Waals surface area (Å²) >= 11 is 0. The molecule has 1 fully saturated rings. The van der Waals surface area contributed by atoms with Gasteiger partial charge in [-0.2, -0.15) is 5.26 Å². The van der Waals surface area contributed by atoms with Crippen LogP contribution in [0.15, 0.2) is 18.2 Å². The largest absolute Gasteiger partial charge is 0.493 e. The second-order valence-electron chi connectivity index (χ2n) is 6.32. The molecular formula is C18H23FN4O4. The third-order valence-electron chi connectivity index (χ3n) is 4.37. The Kier molecular flexibility index (Phi) is 7.37. The van der Waals surface area contributed by atoms with Crippen molar-refractivity contribution in [1.29, 1.82) is 5.26 Å². The number of amides is 2. The van der Waals surface area contributed by atoms with Gasteiger partial charge in [0.2, 0.25) is 5.91 Å². The van der Waals surface area contributed by atoms with Gasteiger partial charge in [-0.05, 0) is 18.6 Å². The molecule has 1 heterocycles. The summed E-state index contributed by atoms with van der Waals surface area (Å²) in [6, 6.07) is 5.93. The predicted octanol–water partition coefficient (Wildman–Crippen LogP) is 1.22. The van der Waals surface area contributed by atoms with Crippen LogP contribution in [0.3, 0.4) is 0 Å². The maximum Gasteiger partial charge on any atom is 0.407 e. The molecule has 0 atom stereocenters. The lowest BCUT2D eigenvalue weighted by Gasteiger charge is -2.35. The van der Waals surface area contributed by atoms with Crippen molar-refractivity contribution < 1.29 is 23.8 Å². The predicted molar refractivity (Wildman–Crippen MR) is 94.9 cm³/mol. The van der Waals surface area contributed by atoms with Crippen LogP contribution in [0.25, 0.3) is 0 Å². The average molecular weight is 378 g/mol.